The lowest BCUT2D eigenvalue weighted by Crippen LogP contribution is -2.28. The van der Waals surface area contributed by atoms with Crippen molar-refractivity contribution in [2.45, 2.75) is 13.8 Å². The molecular weight excluding hydrogens is 170 g/mol. The molecule has 0 bridgehead atoms. The lowest BCUT2D eigenvalue weighted by molar-refractivity contribution is 0.571. The first-order valence-corrected chi connectivity index (χ1v) is 5.20. The fourth-order valence-corrected chi connectivity index (χ4v) is 1.86. The first kappa shape index (κ1) is 9.32. The summed E-state index contributed by atoms with van der Waals surface area (Å²) in [6.07, 6.45) is 11.1. The monoisotopic (exact) mass is 187 g/mol. The standard InChI is InChI=1S/C13H17N/c1-10(2)12-6-4-5-11-7-8-14(3)13(11)9-12/h4-10,12H,1-3H3. The highest BCUT2D eigenvalue weighted by Gasteiger charge is 2.08. The van der Waals surface area contributed by atoms with Gasteiger partial charge in [0.05, 0.1) is 0 Å². The van der Waals surface area contributed by atoms with E-state index >= 15 is 0 Å². The van der Waals surface area contributed by atoms with Crippen molar-refractivity contribution in [2.75, 3.05) is 0 Å². The highest BCUT2D eigenvalue weighted by molar-refractivity contribution is 5.45. The minimum absolute atomic E-state index is 0.557. The maximum atomic E-state index is 2.36. The van der Waals surface area contributed by atoms with Crippen LogP contribution in [0.25, 0.3) is 12.2 Å². The number of allylic oxidation sites excluding steroid dienone is 2. The molecule has 0 saturated heterocycles. The molecule has 1 atom stereocenters. The number of nitrogens with zero attached hydrogens (tertiary/aromatic N) is 1. The van der Waals surface area contributed by atoms with Crippen molar-refractivity contribution < 1.29 is 0 Å². The zero-order chi connectivity index (χ0) is 10.1. The van der Waals surface area contributed by atoms with Crippen LogP contribution in [-0.2, 0) is 7.05 Å². The SMILES string of the molecule is CC(C)C1C=CC=c2ccn(C)c2=C1. The quantitative estimate of drug-likeness (QED) is 0.627. The fraction of sp³-hybridized carbons (Fsp3) is 0.385. The van der Waals surface area contributed by atoms with Gasteiger partial charge in [-0.15, -0.1) is 0 Å². The van der Waals surface area contributed by atoms with E-state index in [1.807, 2.05) is 0 Å². The van der Waals surface area contributed by atoms with Crippen LogP contribution in [0, 0.1) is 11.8 Å². The number of aromatic nitrogens is 1. The van der Waals surface area contributed by atoms with Crippen LogP contribution in [0.2, 0.25) is 0 Å². The van der Waals surface area contributed by atoms with Crippen LogP contribution in [-0.4, -0.2) is 4.57 Å². The van der Waals surface area contributed by atoms with Crippen LogP contribution in [0.15, 0.2) is 24.4 Å². The molecule has 0 spiro atoms. The van der Waals surface area contributed by atoms with Crippen molar-refractivity contribution in [3.8, 4) is 0 Å². The molecule has 1 aromatic rings. The molecule has 0 aromatic carbocycles. The molecule has 0 aliphatic heterocycles. The molecule has 1 aromatic heterocycles. The summed E-state index contributed by atoms with van der Waals surface area (Å²) in [5.74, 6) is 1.22. The predicted molar refractivity (Wildman–Crippen MR) is 61.1 cm³/mol. The van der Waals surface area contributed by atoms with Gasteiger partial charge in [-0.25, -0.2) is 0 Å². The molecule has 1 heterocycles. The van der Waals surface area contributed by atoms with E-state index in [1.54, 1.807) is 0 Å². The lowest BCUT2D eigenvalue weighted by Gasteiger charge is -2.10. The number of aryl methyl sites for hydroxylation is 1. The zero-order valence-corrected chi connectivity index (χ0v) is 9.07. The maximum Gasteiger partial charge on any atom is 0.0443 e. The van der Waals surface area contributed by atoms with Crippen molar-refractivity contribution >= 4 is 12.2 Å². The number of rotatable bonds is 1. The average molecular weight is 187 g/mol. The van der Waals surface area contributed by atoms with Gasteiger partial charge in [-0.2, -0.15) is 0 Å². The Morgan fingerprint density at radius 2 is 2.14 bits per heavy atom. The molecule has 1 unspecified atom stereocenters. The van der Waals surface area contributed by atoms with Gasteiger partial charge in [0.25, 0.3) is 0 Å². The molecule has 0 amide bonds. The first-order valence-electron chi connectivity index (χ1n) is 5.20. The van der Waals surface area contributed by atoms with Crippen molar-refractivity contribution in [1.29, 1.82) is 0 Å². The molecular formula is C13H17N. The Morgan fingerprint density at radius 1 is 1.36 bits per heavy atom. The molecule has 0 N–H and O–H groups in total. The Bertz CT molecular complexity index is 460. The molecule has 74 valence electrons. The summed E-state index contributed by atoms with van der Waals surface area (Å²) < 4.78 is 2.19. The Morgan fingerprint density at radius 3 is 2.86 bits per heavy atom. The Kier molecular flexibility index (Phi) is 2.32. The van der Waals surface area contributed by atoms with Crippen LogP contribution in [0.3, 0.4) is 0 Å². The number of hydrogen-bond acceptors (Lipinski definition) is 0. The summed E-state index contributed by atoms with van der Waals surface area (Å²) in [6.45, 7) is 4.53. The number of hydrogen-bond donors (Lipinski definition) is 0. The second-order valence-electron chi connectivity index (χ2n) is 4.31. The Balaban J connectivity index is 2.61. The highest BCUT2D eigenvalue weighted by Crippen LogP contribution is 2.14. The Labute approximate surface area is 85.1 Å². The molecule has 0 saturated carbocycles. The predicted octanol–water partition coefficient (Wildman–Crippen LogP) is 1.43. The molecule has 1 nitrogen and oxygen atoms in total. The minimum atomic E-state index is 0.557. The van der Waals surface area contributed by atoms with Crippen molar-refractivity contribution in [2.24, 2.45) is 18.9 Å². The smallest absolute Gasteiger partial charge is 0.0443 e. The van der Waals surface area contributed by atoms with Crippen LogP contribution in [0.4, 0.5) is 0 Å². The van der Waals surface area contributed by atoms with E-state index in [2.05, 4.69) is 62.0 Å². The third-order valence-electron chi connectivity index (χ3n) is 2.88. The van der Waals surface area contributed by atoms with Crippen LogP contribution < -0.4 is 10.6 Å². The van der Waals surface area contributed by atoms with E-state index in [9.17, 15) is 0 Å². The highest BCUT2D eigenvalue weighted by atomic mass is 14.9. The second kappa shape index (κ2) is 3.49. The summed E-state index contributed by atoms with van der Waals surface area (Å²) in [5.41, 5.74) is 0. The van der Waals surface area contributed by atoms with E-state index in [1.165, 1.54) is 10.6 Å². The molecule has 0 radical (unpaired) electrons. The van der Waals surface area contributed by atoms with Crippen molar-refractivity contribution in [3.05, 3.63) is 35.0 Å². The molecule has 2 rings (SSSR count). The van der Waals surface area contributed by atoms with Crippen molar-refractivity contribution in [3.63, 3.8) is 0 Å². The summed E-state index contributed by atoms with van der Waals surface area (Å²) >= 11 is 0. The van der Waals surface area contributed by atoms with Gasteiger partial charge in [0, 0.05) is 18.6 Å². The van der Waals surface area contributed by atoms with Crippen LogP contribution >= 0.6 is 0 Å². The largest absolute Gasteiger partial charge is 0.351 e. The minimum Gasteiger partial charge on any atom is -0.351 e. The van der Waals surface area contributed by atoms with Gasteiger partial charge in [0.15, 0.2) is 0 Å². The Hall–Kier alpha value is -1.24. The first-order chi connectivity index (χ1) is 6.68. The summed E-state index contributed by atoms with van der Waals surface area (Å²) in [5, 5.41) is 2.67. The van der Waals surface area contributed by atoms with E-state index in [4.69, 9.17) is 0 Å². The normalized spacial score (nSPS) is 19.9. The second-order valence-corrected chi connectivity index (χ2v) is 4.31. The fourth-order valence-electron chi connectivity index (χ4n) is 1.86. The molecule has 0 fully saturated rings. The van der Waals surface area contributed by atoms with E-state index < -0.39 is 0 Å². The van der Waals surface area contributed by atoms with Gasteiger partial charge in [0.2, 0.25) is 0 Å². The van der Waals surface area contributed by atoms with Gasteiger partial charge in [-0.3, -0.25) is 0 Å². The third kappa shape index (κ3) is 1.54. The van der Waals surface area contributed by atoms with E-state index in [0.717, 1.165) is 0 Å². The third-order valence-corrected chi connectivity index (χ3v) is 2.88. The maximum absolute atomic E-state index is 2.36. The average Bonchev–Trinajstić information content (AvgIpc) is 2.40. The van der Waals surface area contributed by atoms with E-state index in [0.29, 0.717) is 11.8 Å². The zero-order valence-electron chi connectivity index (χ0n) is 9.07. The van der Waals surface area contributed by atoms with Gasteiger partial charge in [-0.1, -0.05) is 38.2 Å². The molecule has 1 heteroatoms. The lowest BCUT2D eigenvalue weighted by atomic mass is 9.95. The van der Waals surface area contributed by atoms with Gasteiger partial charge >= 0.3 is 0 Å². The topological polar surface area (TPSA) is 4.93 Å². The summed E-state index contributed by atoms with van der Waals surface area (Å²) in [4.78, 5) is 0. The summed E-state index contributed by atoms with van der Waals surface area (Å²) in [7, 11) is 2.10. The van der Waals surface area contributed by atoms with Gasteiger partial charge in [-0.05, 0) is 23.1 Å². The van der Waals surface area contributed by atoms with Crippen LogP contribution in [0.5, 0.6) is 0 Å². The molecule has 14 heavy (non-hydrogen) atoms. The number of fused-ring (bicyclic) bond motifs is 1. The van der Waals surface area contributed by atoms with E-state index in [-0.39, 0.29) is 0 Å². The van der Waals surface area contributed by atoms with Gasteiger partial charge < -0.3 is 4.57 Å². The van der Waals surface area contributed by atoms with Crippen molar-refractivity contribution in [1.82, 2.24) is 4.57 Å². The molecule has 1 aliphatic carbocycles. The van der Waals surface area contributed by atoms with Crippen LogP contribution in [0.1, 0.15) is 13.8 Å². The van der Waals surface area contributed by atoms with Gasteiger partial charge in [0.1, 0.15) is 0 Å². The summed E-state index contributed by atoms with van der Waals surface area (Å²) in [6, 6.07) is 2.17. The molecule has 1 aliphatic rings.